The number of hydrogen-bond donors (Lipinski definition) is 0. The zero-order chi connectivity index (χ0) is 7.71. The maximum atomic E-state index is 9.87. The van der Waals surface area contributed by atoms with Gasteiger partial charge in [0.1, 0.15) is 0 Å². The Morgan fingerprint density at radius 1 is 1.30 bits per heavy atom. The van der Waals surface area contributed by atoms with E-state index in [0.29, 0.717) is 0 Å². The third kappa shape index (κ3) is 11.3. The summed E-state index contributed by atoms with van der Waals surface area (Å²) in [5, 5.41) is 0. The molecule has 0 spiro atoms. The molecule has 0 unspecified atom stereocenters. The van der Waals surface area contributed by atoms with Crippen LogP contribution in [0.15, 0.2) is 0 Å². The Kier molecular flexibility index (Phi) is 4.90. The average Bonchev–Trinajstić information content (AvgIpc) is 1.14. The molecule has 4 nitrogen and oxygen atoms in total. The third-order valence-corrected chi connectivity index (χ3v) is 1.06. The predicted molar refractivity (Wildman–Crippen MR) is 30.5 cm³/mol. The molecule has 0 rings (SSSR count). The largest absolute Gasteiger partial charge is 1.00 e. The van der Waals surface area contributed by atoms with Crippen molar-refractivity contribution in [3.63, 3.8) is 0 Å². The van der Waals surface area contributed by atoms with Crippen LogP contribution in [0.3, 0.4) is 0 Å². The van der Waals surface area contributed by atoms with Gasteiger partial charge < -0.3 is 4.55 Å². The summed E-state index contributed by atoms with van der Waals surface area (Å²) in [5.74, 6) is 0. The van der Waals surface area contributed by atoms with E-state index in [9.17, 15) is 13.0 Å². The van der Waals surface area contributed by atoms with Crippen LogP contribution in [-0.2, 0) is 14.6 Å². The zero-order valence-electron chi connectivity index (χ0n) is 6.54. The molecule has 0 fully saturated rings. The number of rotatable bonds is 1. The first-order chi connectivity index (χ1) is 3.71. The molecule has 56 valence electrons. The summed E-state index contributed by atoms with van der Waals surface area (Å²) >= 11 is 0. The van der Waals surface area contributed by atoms with Gasteiger partial charge in [-0.3, -0.25) is 4.18 Å². The standard InChI is InChI=1S/C4H10O4S.Li/c1-4(2,3)8-9(5,6)7;/h1-3H3,(H,5,6,7);/q;+1/p-1. The molecule has 0 saturated heterocycles. The first kappa shape index (κ1) is 13.1. The van der Waals surface area contributed by atoms with Crippen molar-refractivity contribution in [1.82, 2.24) is 0 Å². The second-order valence-corrected chi connectivity index (χ2v) is 3.59. The summed E-state index contributed by atoms with van der Waals surface area (Å²) in [4.78, 5) is 0. The van der Waals surface area contributed by atoms with Gasteiger partial charge in [0.15, 0.2) is 0 Å². The third-order valence-electron chi connectivity index (χ3n) is 0.352. The van der Waals surface area contributed by atoms with E-state index < -0.39 is 16.0 Å². The van der Waals surface area contributed by atoms with Gasteiger partial charge in [-0.1, -0.05) is 0 Å². The van der Waals surface area contributed by atoms with E-state index in [2.05, 4.69) is 4.18 Å². The van der Waals surface area contributed by atoms with E-state index in [1.54, 1.807) is 0 Å². The van der Waals surface area contributed by atoms with E-state index in [1.807, 2.05) is 0 Å². The summed E-state index contributed by atoms with van der Waals surface area (Å²) < 4.78 is 33.6. The maximum Gasteiger partial charge on any atom is 1.00 e. The van der Waals surface area contributed by atoms with Crippen LogP contribution in [0.2, 0.25) is 0 Å². The minimum absolute atomic E-state index is 0. The Hall–Kier alpha value is 0.467. The smallest absolute Gasteiger partial charge is 0.726 e. The fraction of sp³-hybridized carbons (Fsp3) is 1.00. The molecule has 0 aromatic heterocycles. The molecule has 0 aliphatic heterocycles. The monoisotopic (exact) mass is 160 g/mol. The van der Waals surface area contributed by atoms with Crippen LogP contribution in [0.25, 0.3) is 0 Å². The van der Waals surface area contributed by atoms with Crippen LogP contribution in [0.5, 0.6) is 0 Å². The Balaban J connectivity index is 0. The van der Waals surface area contributed by atoms with E-state index >= 15 is 0 Å². The average molecular weight is 160 g/mol. The Morgan fingerprint density at radius 3 is 1.60 bits per heavy atom. The molecular formula is C4H9LiO4S. The molecule has 0 saturated carbocycles. The van der Waals surface area contributed by atoms with Crippen molar-refractivity contribution < 1.29 is 36.0 Å². The van der Waals surface area contributed by atoms with Crippen LogP contribution < -0.4 is 18.9 Å². The van der Waals surface area contributed by atoms with Crippen LogP contribution in [0.1, 0.15) is 20.8 Å². The van der Waals surface area contributed by atoms with Crippen molar-refractivity contribution in [3.8, 4) is 0 Å². The fourth-order valence-corrected chi connectivity index (χ4v) is 0.919. The van der Waals surface area contributed by atoms with Gasteiger partial charge in [-0.25, -0.2) is 8.42 Å². The molecule has 0 amide bonds. The fourth-order valence-electron chi connectivity index (χ4n) is 0.306. The van der Waals surface area contributed by atoms with Gasteiger partial charge in [-0.2, -0.15) is 0 Å². The minimum Gasteiger partial charge on any atom is -0.726 e. The molecule has 0 bridgehead atoms. The van der Waals surface area contributed by atoms with Gasteiger partial charge in [0.05, 0.1) is 5.60 Å². The molecule has 0 aliphatic rings. The van der Waals surface area contributed by atoms with Gasteiger partial charge in [0.2, 0.25) is 10.4 Å². The van der Waals surface area contributed by atoms with Gasteiger partial charge in [-0.15, -0.1) is 0 Å². The van der Waals surface area contributed by atoms with Gasteiger partial charge in [0, 0.05) is 0 Å². The van der Waals surface area contributed by atoms with Crippen molar-refractivity contribution in [2.45, 2.75) is 26.4 Å². The van der Waals surface area contributed by atoms with Crippen molar-refractivity contribution in [2.24, 2.45) is 0 Å². The molecule has 0 heterocycles. The summed E-state index contributed by atoms with van der Waals surface area (Å²) in [5.41, 5.74) is -0.916. The van der Waals surface area contributed by atoms with Gasteiger partial charge in [0.25, 0.3) is 0 Å². The van der Waals surface area contributed by atoms with Crippen LogP contribution >= 0.6 is 0 Å². The van der Waals surface area contributed by atoms with E-state index in [-0.39, 0.29) is 18.9 Å². The normalized spacial score (nSPS) is 12.4. The van der Waals surface area contributed by atoms with E-state index in [0.717, 1.165) is 0 Å². The molecule has 0 N–H and O–H groups in total. The second kappa shape index (κ2) is 3.74. The Bertz CT molecular complexity index is 178. The summed E-state index contributed by atoms with van der Waals surface area (Å²) in [6, 6.07) is 0. The minimum atomic E-state index is -4.53. The maximum absolute atomic E-state index is 9.87. The Morgan fingerprint density at radius 2 is 1.60 bits per heavy atom. The van der Waals surface area contributed by atoms with Crippen LogP contribution in [0.4, 0.5) is 0 Å². The summed E-state index contributed by atoms with van der Waals surface area (Å²) in [6.07, 6.45) is 0. The molecule has 6 heteroatoms. The SMILES string of the molecule is CC(C)(C)OS(=O)(=O)[O-].[Li+]. The molecule has 0 atom stereocenters. The topological polar surface area (TPSA) is 66.4 Å². The van der Waals surface area contributed by atoms with Crippen molar-refractivity contribution in [1.29, 1.82) is 0 Å². The van der Waals surface area contributed by atoms with Crippen LogP contribution in [-0.4, -0.2) is 18.6 Å². The first-order valence-electron chi connectivity index (χ1n) is 2.37. The van der Waals surface area contributed by atoms with E-state index in [1.165, 1.54) is 20.8 Å². The molecule has 10 heavy (non-hydrogen) atoms. The molecule has 0 aromatic rings. The molecule has 0 aromatic carbocycles. The van der Waals surface area contributed by atoms with Crippen molar-refractivity contribution >= 4 is 10.4 Å². The molecular weight excluding hydrogens is 151 g/mol. The van der Waals surface area contributed by atoms with Crippen molar-refractivity contribution in [2.75, 3.05) is 0 Å². The predicted octanol–water partition coefficient (Wildman–Crippen LogP) is -2.73. The summed E-state index contributed by atoms with van der Waals surface area (Å²) in [7, 11) is -4.53. The Labute approximate surface area is 73.1 Å². The first-order valence-corrected chi connectivity index (χ1v) is 3.70. The molecule has 0 radical (unpaired) electrons. The van der Waals surface area contributed by atoms with E-state index in [4.69, 9.17) is 0 Å². The van der Waals surface area contributed by atoms with Crippen molar-refractivity contribution in [3.05, 3.63) is 0 Å². The summed E-state index contributed by atoms with van der Waals surface area (Å²) in [6.45, 7) is 4.47. The quantitative estimate of drug-likeness (QED) is 0.237. The van der Waals surface area contributed by atoms with Gasteiger partial charge in [-0.05, 0) is 20.8 Å². The molecule has 0 aliphatic carbocycles. The zero-order valence-corrected chi connectivity index (χ0v) is 7.36. The van der Waals surface area contributed by atoms with Crippen LogP contribution in [0, 0.1) is 0 Å². The number of hydrogen-bond acceptors (Lipinski definition) is 4. The second-order valence-electron chi connectivity index (χ2n) is 2.60. The van der Waals surface area contributed by atoms with Gasteiger partial charge >= 0.3 is 18.9 Å².